The molecule has 0 fully saturated rings. The van der Waals surface area contributed by atoms with E-state index in [2.05, 4.69) is 0 Å². The number of nitrogens with zero attached hydrogens (tertiary/aromatic N) is 2. The van der Waals surface area contributed by atoms with Crippen molar-refractivity contribution in [2.45, 2.75) is 27.3 Å². The smallest absolute Gasteiger partial charge is 0.308 e. The standard InChI is InChI=1S/C20H24N2O6S/c1-4-29(26,27)28-19-10-5-7-16(11-19)14-21(13-15(2)3)20(23)17-8-6-9-18(12-17)22(24)25/h5-12,15H,4,13-14H2,1-3H3. The first kappa shape index (κ1) is 22.4. The largest absolute Gasteiger partial charge is 0.382 e. The lowest BCUT2D eigenvalue weighted by atomic mass is 10.1. The Hall–Kier alpha value is -2.94. The first-order chi connectivity index (χ1) is 13.6. The molecular formula is C20H24N2O6S. The Kier molecular flexibility index (Phi) is 7.33. The van der Waals surface area contributed by atoms with E-state index < -0.39 is 15.0 Å². The van der Waals surface area contributed by atoms with Crippen molar-refractivity contribution in [1.29, 1.82) is 0 Å². The summed E-state index contributed by atoms with van der Waals surface area (Å²) in [5.74, 6) is -0.147. The molecule has 0 aromatic heterocycles. The topological polar surface area (TPSA) is 107 Å². The summed E-state index contributed by atoms with van der Waals surface area (Å²) in [5, 5.41) is 11.0. The minimum absolute atomic E-state index is 0.151. The maximum Gasteiger partial charge on any atom is 0.308 e. The van der Waals surface area contributed by atoms with Crippen molar-refractivity contribution in [2.75, 3.05) is 12.3 Å². The van der Waals surface area contributed by atoms with Gasteiger partial charge in [-0.2, -0.15) is 8.42 Å². The lowest BCUT2D eigenvalue weighted by Gasteiger charge is -2.25. The monoisotopic (exact) mass is 420 g/mol. The molecule has 9 heteroatoms. The third-order valence-corrected chi connectivity index (χ3v) is 5.18. The summed E-state index contributed by atoms with van der Waals surface area (Å²) in [6, 6.07) is 12.1. The van der Waals surface area contributed by atoms with Crippen LogP contribution in [0.4, 0.5) is 5.69 Å². The molecule has 0 saturated carbocycles. The molecule has 29 heavy (non-hydrogen) atoms. The number of carbonyl (C=O) groups excluding carboxylic acids is 1. The highest BCUT2D eigenvalue weighted by Gasteiger charge is 2.20. The van der Waals surface area contributed by atoms with Gasteiger partial charge in [0.15, 0.2) is 0 Å². The second-order valence-electron chi connectivity index (χ2n) is 6.96. The van der Waals surface area contributed by atoms with Gasteiger partial charge in [-0.25, -0.2) is 0 Å². The van der Waals surface area contributed by atoms with Gasteiger partial charge in [0, 0.05) is 30.8 Å². The molecule has 0 atom stereocenters. The molecule has 156 valence electrons. The van der Waals surface area contributed by atoms with E-state index in [4.69, 9.17) is 4.18 Å². The number of non-ortho nitro benzene ring substituents is 1. The van der Waals surface area contributed by atoms with Gasteiger partial charge in [-0.15, -0.1) is 0 Å². The number of nitro benzene ring substituents is 1. The van der Waals surface area contributed by atoms with Crippen molar-refractivity contribution >= 4 is 21.7 Å². The molecule has 0 aliphatic heterocycles. The third-order valence-electron chi connectivity index (χ3n) is 4.03. The summed E-state index contributed by atoms with van der Waals surface area (Å²) >= 11 is 0. The first-order valence-corrected chi connectivity index (χ1v) is 10.7. The highest BCUT2D eigenvalue weighted by atomic mass is 32.2. The van der Waals surface area contributed by atoms with E-state index in [-0.39, 0.29) is 41.1 Å². The van der Waals surface area contributed by atoms with Crippen LogP contribution in [0.5, 0.6) is 5.75 Å². The molecule has 8 nitrogen and oxygen atoms in total. The summed E-state index contributed by atoms with van der Waals surface area (Å²) in [4.78, 5) is 25.0. The molecule has 0 bridgehead atoms. The van der Waals surface area contributed by atoms with Gasteiger partial charge in [-0.1, -0.05) is 32.0 Å². The molecule has 1 amide bonds. The van der Waals surface area contributed by atoms with Crippen molar-refractivity contribution in [2.24, 2.45) is 5.92 Å². The molecule has 0 N–H and O–H groups in total. The fraction of sp³-hybridized carbons (Fsp3) is 0.350. The van der Waals surface area contributed by atoms with E-state index in [1.807, 2.05) is 13.8 Å². The molecule has 2 aromatic carbocycles. The van der Waals surface area contributed by atoms with Crippen LogP contribution in [-0.2, 0) is 16.7 Å². The average molecular weight is 420 g/mol. The van der Waals surface area contributed by atoms with Crippen molar-refractivity contribution in [3.05, 3.63) is 69.8 Å². The van der Waals surface area contributed by atoms with Crippen LogP contribution in [0.1, 0.15) is 36.7 Å². The van der Waals surface area contributed by atoms with Crippen molar-refractivity contribution < 1.29 is 22.3 Å². The minimum atomic E-state index is -3.65. The van der Waals surface area contributed by atoms with Crippen molar-refractivity contribution in [3.8, 4) is 5.75 Å². The van der Waals surface area contributed by atoms with Crippen LogP contribution in [0.25, 0.3) is 0 Å². The molecule has 0 radical (unpaired) electrons. The zero-order chi connectivity index (χ0) is 21.6. The van der Waals surface area contributed by atoms with Gasteiger partial charge < -0.3 is 9.08 Å². The van der Waals surface area contributed by atoms with Crippen LogP contribution in [0.3, 0.4) is 0 Å². The summed E-state index contributed by atoms with van der Waals surface area (Å²) in [7, 11) is -3.65. The summed E-state index contributed by atoms with van der Waals surface area (Å²) in [6.45, 7) is 6.05. The van der Waals surface area contributed by atoms with Gasteiger partial charge in [-0.05, 0) is 36.6 Å². The molecule has 0 heterocycles. The van der Waals surface area contributed by atoms with E-state index in [9.17, 15) is 23.3 Å². The van der Waals surface area contributed by atoms with Crippen LogP contribution >= 0.6 is 0 Å². The number of hydrogen-bond acceptors (Lipinski definition) is 6. The highest BCUT2D eigenvalue weighted by Crippen LogP contribution is 2.20. The van der Waals surface area contributed by atoms with E-state index in [0.29, 0.717) is 12.1 Å². The summed E-state index contributed by atoms with van der Waals surface area (Å²) in [5.41, 5.74) is 0.759. The molecular weight excluding hydrogens is 396 g/mol. The molecule has 0 saturated heterocycles. The quantitative estimate of drug-likeness (QED) is 0.348. The average Bonchev–Trinajstić information content (AvgIpc) is 2.66. The Morgan fingerprint density at radius 2 is 1.86 bits per heavy atom. The van der Waals surface area contributed by atoms with Gasteiger partial charge in [0.1, 0.15) is 5.75 Å². The van der Waals surface area contributed by atoms with Gasteiger partial charge in [0.25, 0.3) is 11.6 Å². The van der Waals surface area contributed by atoms with Crippen LogP contribution in [0, 0.1) is 16.0 Å². The maximum absolute atomic E-state index is 13.0. The lowest BCUT2D eigenvalue weighted by molar-refractivity contribution is -0.384. The SMILES string of the molecule is CCS(=O)(=O)Oc1cccc(CN(CC(C)C)C(=O)c2cccc([N+](=O)[O-])c2)c1. The van der Waals surface area contributed by atoms with Crippen LogP contribution in [-0.4, -0.2) is 36.4 Å². The Morgan fingerprint density at radius 3 is 2.48 bits per heavy atom. The first-order valence-electron chi connectivity index (χ1n) is 9.16. The zero-order valence-corrected chi connectivity index (χ0v) is 17.4. The molecule has 2 rings (SSSR count). The third kappa shape index (κ3) is 6.56. The van der Waals surface area contributed by atoms with Crippen LogP contribution < -0.4 is 4.18 Å². The van der Waals surface area contributed by atoms with Crippen LogP contribution in [0.2, 0.25) is 0 Å². The van der Waals surface area contributed by atoms with E-state index in [1.165, 1.54) is 37.3 Å². The van der Waals surface area contributed by atoms with Gasteiger partial charge in [0.2, 0.25) is 0 Å². The summed E-state index contributed by atoms with van der Waals surface area (Å²) in [6.07, 6.45) is 0. The van der Waals surface area contributed by atoms with Gasteiger partial charge in [0.05, 0.1) is 10.7 Å². The second kappa shape index (κ2) is 9.51. The van der Waals surface area contributed by atoms with Crippen LogP contribution in [0.15, 0.2) is 48.5 Å². The number of carbonyl (C=O) groups is 1. The fourth-order valence-corrected chi connectivity index (χ4v) is 3.23. The van der Waals surface area contributed by atoms with Crippen molar-refractivity contribution in [1.82, 2.24) is 4.90 Å². The molecule has 0 aliphatic carbocycles. The van der Waals surface area contributed by atoms with Gasteiger partial charge in [-0.3, -0.25) is 14.9 Å². The minimum Gasteiger partial charge on any atom is -0.382 e. The molecule has 0 unspecified atom stereocenters. The number of rotatable bonds is 9. The Morgan fingerprint density at radius 1 is 1.17 bits per heavy atom. The highest BCUT2D eigenvalue weighted by molar-refractivity contribution is 7.87. The predicted molar refractivity (Wildman–Crippen MR) is 109 cm³/mol. The van der Waals surface area contributed by atoms with Crippen molar-refractivity contribution in [3.63, 3.8) is 0 Å². The predicted octanol–water partition coefficient (Wildman–Crippen LogP) is 3.62. The fourth-order valence-electron chi connectivity index (χ4n) is 2.72. The second-order valence-corrected chi connectivity index (χ2v) is 8.82. The summed E-state index contributed by atoms with van der Waals surface area (Å²) < 4.78 is 28.4. The lowest BCUT2D eigenvalue weighted by Crippen LogP contribution is -2.33. The number of benzene rings is 2. The maximum atomic E-state index is 13.0. The molecule has 0 spiro atoms. The molecule has 2 aromatic rings. The number of hydrogen-bond donors (Lipinski definition) is 0. The number of nitro groups is 1. The van der Waals surface area contributed by atoms with Gasteiger partial charge >= 0.3 is 10.1 Å². The van der Waals surface area contributed by atoms with E-state index >= 15 is 0 Å². The zero-order valence-electron chi connectivity index (χ0n) is 16.6. The Labute approximate surface area is 170 Å². The Bertz CT molecular complexity index is 988. The number of amides is 1. The Balaban J connectivity index is 2.28. The molecule has 0 aliphatic rings. The van der Waals surface area contributed by atoms with E-state index in [1.54, 1.807) is 23.1 Å². The van der Waals surface area contributed by atoms with E-state index in [0.717, 1.165) is 0 Å². The normalized spacial score (nSPS) is 11.3.